The largest absolute Gasteiger partial charge is 0.325 e. The second-order valence-corrected chi connectivity index (χ2v) is 6.29. The quantitative estimate of drug-likeness (QED) is 0.585. The highest BCUT2D eigenvalue weighted by molar-refractivity contribution is 8.00. The van der Waals surface area contributed by atoms with Crippen LogP contribution in [0.15, 0.2) is 77.7 Å². The molecule has 0 bridgehead atoms. The molecule has 2 heteroatoms. The highest BCUT2D eigenvalue weighted by Gasteiger charge is 2.01. The van der Waals surface area contributed by atoms with Crippen LogP contribution in [0.1, 0.15) is 11.1 Å². The maximum atomic E-state index is 3.45. The van der Waals surface area contributed by atoms with Crippen LogP contribution in [-0.2, 0) is 0 Å². The van der Waals surface area contributed by atoms with Gasteiger partial charge in [0.15, 0.2) is 0 Å². The van der Waals surface area contributed by atoms with Gasteiger partial charge in [0.1, 0.15) is 0 Å². The van der Waals surface area contributed by atoms with Gasteiger partial charge >= 0.3 is 0 Å². The summed E-state index contributed by atoms with van der Waals surface area (Å²) in [7, 11) is 0. The molecular weight excluding hydrogens is 286 g/mol. The van der Waals surface area contributed by atoms with Crippen LogP contribution in [0.5, 0.6) is 0 Å². The zero-order chi connectivity index (χ0) is 15.4. The smallest absolute Gasteiger partial charge is 0.0475 e. The van der Waals surface area contributed by atoms with Crippen molar-refractivity contribution in [2.45, 2.75) is 18.7 Å². The highest BCUT2D eigenvalue weighted by atomic mass is 32.2. The van der Waals surface area contributed by atoms with E-state index >= 15 is 0 Å². The molecule has 0 saturated carbocycles. The summed E-state index contributed by atoms with van der Waals surface area (Å²) in [5, 5.41) is 0. The number of aryl methyl sites for hydroxylation is 2. The Kier molecular flexibility index (Phi) is 4.50. The van der Waals surface area contributed by atoms with E-state index in [4.69, 9.17) is 0 Å². The number of rotatable bonds is 4. The van der Waals surface area contributed by atoms with Crippen LogP contribution in [0.4, 0.5) is 5.69 Å². The van der Waals surface area contributed by atoms with Gasteiger partial charge in [-0.3, -0.25) is 0 Å². The minimum absolute atomic E-state index is 1.18. The van der Waals surface area contributed by atoms with Crippen LogP contribution in [0, 0.1) is 13.8 Å². The normalized spacial score (nSPS) is 10.5. The first-order valence-corrected chi connectivity index (χ1v) is 8.19. The van der Waals surface area contributed by atoms with Gasteiger partial charge in [0.2, 0.25) is 0 Å². The van der Waals surface area contributed by atoms with E-state index in [-0.39, 0.29) is 0 Å². The Morgan fingerprint density at radius 2 is 1.41 bits per heavy atom. The summed E-state index contributed by atoms with van der Waals surface area (Å²) in [5.41, 5.74) is 6.21. The summed E-state index contributed by atoms with van der Waals surface area (Å²) in [6.07, 6.45) is 0. The van der Waals surface area contributed by atoms with Gasteiger partial charge in [-0.05, 0) is 66.2 Å². The number of nitrogens with one attached hydrogen (secondary N) is 1. The van der Waals surface area contributed by atoms with Gasteiger partial charge < -0.3 is 4.72 Å². The first-order valence-electron chi connectivity index (χ1n) is 7.38. The molecule has 0 heterocycles. The van der Waals surface area contributed by atoms with E-state index in [1.54, 1.807) is 11.9 Å². The molecular formula is C20H19NS. The Morgan fingerprint density at radius 1 is 0.727 bits per heavy atom. The van der Waals surface area contributed by atoms with Crippen molar-refractivity contribution in [2.24, 2.45) is 0 Å². The third kappa shape index (κ3) is 3.52. The van der Waals surface area contributed by atoms with E-state index in [0.717, 1.165) is 0 Å². The van der Waals surface area contributed by atoms with E-state index in [1.165, 1.54) is 32.8 Å². The van der Waals surface area contributed by atoms with Crippen molar-refractivity contribution in [3.05, 3.63) is 83.9 Å². The molecule has 3 aromatic rings. The van der Waals surface area contributed by atoms with Gasteiger partial charge in [-0.15, -0.1) is 0 Å². The molecule has 3 aromatic carbocycles. The Labute approximate surface area is 136 Å². The van der Waals surface area contributed by atoms with E-state index in [0.29, 0.717) is 0 Å². The van der Waals surface area contributed by atoms with Crippen LogP contribution in [0.3, 0.4) is 0 Å². The van der Waals surface area contributed by atoms with Crippen LogP contribution in [0.2, 0.25) is 0 Å². The standard InChI is InChI=1S/C20H19NS/c1-15-8-9-16(2)20(14-15)21-22-19-12-10-18(11-13-19)17-6-4-3-5-7-17/h3-14,21H,1-2H3. The zero-order valence-corrected chi connectivity index (χ0v) is 13.7. The first-order chi connectivity index (χ1) is 10.7. The van der Waals surface area contributed by atoms with Crippen LogP contribution < -0.4 is 4.72 Å². The molecule has 0 atom stereocenters. The minimum atomic E-state index is 1.18. The van der Waals surface area contributed by atoms with Gasteiger partial charge in [0.25, 0.3) is 0 Å². The maximum absolute atomic E-state index is 3.45. The summed E-state index contributed by atoms with van der Waals surface area (Å²) in [6.45, 7) is 4.24. The Hall–Kier alpha value is -2.19. The molecule has 0 aliphatic rings. The van der Waals surface area contributed by atoms with Gasteiger partial charge in [-0.2, -0.15) is 0 Å². The fourth-order valence-corrected chi connectivity index (χ4v) is 3.03. The minimum Gasteiger partial charge on any atom is -0.325 e. The molecule has 0 unspecified atom stereocenters. The predicted molar refractivity (Wildman–Crippen MR) is 97.3 cm³/mol. The first kappa shape index (κ1) is 14.7. The molecule has 0 saturated heterocycles. The van der Waals surface area contributed by atoms with Crippen molar-refractivity contribution in [3.63, 3.8) is 0 Å². The number of anilines is 1. The van der Waals surface area contributed by atoms with Gasteiger partial charge in [0, 0.05) is 10.6 Å². The zero-order valence-electron chi connectivity index (χ0n) is 12.8. The summed E-state index contributed by atoms with van der Waals surface area (Å²) < 4.78 is 3.45. The molecule has 22 heavy (non-hydrogen) atoms. The topological polar surface area (TPSA) is 12.0 Å². The highest BCUT2D eigenvalue weighted by Crippen LogP contribution is 2.27. The molecule has 3 rings (SSSR count). The van der Waals surface area contributed by atoms with Gasteiger partial charge in [-0.25, -0.2) is 0 Å². The van der Waals surface area contributed by atoms with E-state index in [9.17, 15) is 0 Å². The Balaban J connectivity index is 1.70. The van der Waals surface area contributed by atoms with E-state index in [2.05, 4.69) is 85.3 Å². The molecule has 0 aliphatic carbocycles. The molecule has 110 valence electrons. The predicted octanol–water partition coefficient (Wildman–Crippen LogP) is 6.09. The monoisotopic (exact) mass is 305 g/mol. The van der Waals surface area contributed by atoms with E-state index < -0.39 is 0 Å². The third-order valence-electron chi connectivity index (χ3n) is 3.63. The molecule has 1 nitrogen and oxygen atoms in total. The molecule has 0 radical (unpaired) electrons. The van der Waals surface area contributed by atoms with E-state index in [1.807, 2.05) is 6.07 Å². The lowest BCUT2D eigenvalue weighted by Crippen LogP contribution is -1.91. The fourth-order valence-electron chi connectivity index (χ4n) is 2.31. The van der Waals surface area contributed by atoms with Gasteiger partial charge in [0.05, 0.1) is 0 Å². The fraction of sp³-hybridized carbons (Fsp3) is 0.100. The van der Waals surface area contributed by atoms with Crippen molar-refractivity contribution >= 4 is 17.6 Å². The van der Waals surface area contributed by atoms with Crippen molar-refractivity contribution in [1.82, 2.24) is 0 Å². The summed E-state index contributed by atoms with van der Waals surface area (Å²) in [6, 6.07) is 25.6. The molecule has 0 aliphatic heterocycles. The maximum Gasteiger partial charge on any atom is 0.0475 e. The Bertz CT molecular complexity index is 748. The van der Waals surface area contributed by atoms with Crippen LogP contribution in [0.25, 0.3) is 11.1 Å². The average molecular weight is 305 g/mol. The lowest BCUT2D eigenvalue weighted by atomic mass is 10.1. The van der Waals surface area contributed by atoms with Crippen molar-refractivity contribution < 1.29 is 0 Å². The Morgan fingerprint density at radius 3 is 2.14 bits per heavy atom. The SMILES string of the molecule is Cc1ccc(C)c(NSc2ccc(-c3ccccc3)cc2)c1. The van der Waals surface area contributed by atoms with Gasteiger partial charge in [-0.1, -0.05) is 54.6 Å². The molecule has 0 spiro atoms. The lowest BCUT2D eigenvalue weighted by molar-refractivity contribution is 1.39. The van der Waals surface area contributed by atoms with Crippen molar-refractivity contribution in [3.8, 4) is 11.1 Å². The lowest BCUT2D eigenvalue weighted by Gasteiger charge is -2.10. The summed E-state index contributed by atoms with van der Waals surface area (Å²) in [5.74, 6) is 0. The van der Waals surface area contributed by atoms with Crippen LogP contribution >= 0.6 is 11.9 Å². The van der Waals surface area contributed by atoms with Crippen molar-refractivity contribution in [2.75, 3.05) is 4.72 Å². The molecule has 0 aromatic heterocycles. The average Bonchev–Trinajstić information content (AvgIpc) is 2.57. The van der Waals surface area contributed by atoms with Crippen LogP contribution in [-0.4, -0.2) is 0 Å². The summed E-state index contributed by atoms with van der Waals surface area (Å²) >= 11 is 1.65. The molecule has 0 fully saturated rings. The third-order valence-corrected chi connectivity index (χ3v) is 4.46. The number of hydrogen-bond donors (Lipinski definition) is 1. The molecule has 0 amide bonds. The number of hydrogen-bond acceptors (Lipinski definition) is 2. The number of benzene rings is 3. The second-order valence-electron chi connectivity index (χ2n) is 5.41. The molecule has 1 N–H and O–H groups in total. The van der Waals surface area contributed by atoms with Crippen molar-refractivity contribution in [1.29, 1.82) is 0 Å². The summed E-state index contributed by atoms with van der Waals surface area (Å²) in [4.78, 5) is 1.21. The second kappa shape index (κ2) is 6.71.